The zero-order valence-electron chi connectivity index (χ0n) is 12.3. The minimum atomic E-state index is -0.142. The molecule has 5 nitrogen and oxygen atoms in total. The van der Waals surface area contributed by atoms with Gasteiger partial charge in [-0.1, -0.05) is 24.0 Å². The van der Waals surface area contributed by atoms with Gasteiger partial charge in [-0.3, -0.25) is 14.5 Å². The number of thiocarbonyl (C=S) groups is 1. The molecular weight excluding hydrogens is 308 g/mol. The van der Waals surface area contributed by atoms with Gasteiger partial charge < -0.3 is 9.64 Å². The van der Waals surface area contributed by atoms with E-state index in [1.54, 1.807) is 4.90 Å². The highest BCUT2D eigenvalue weighted by Gasteiger charge is 2.32. The average Bonchev–Trinajstić information content (AvgIpc) is 2.73. The maximum absolute atomic E-state index is 12.2. The van der Waals surface area contributed by atoms with Gasteiger partial charge in [-0.2, -0.15) is 0 Å². The van der Waals surface area contributed by atoms with E-state index in [2.05, 4.69) is 0 Å². The summed E-state index contributed by atoms with van der Waals surface area (Å²) in [4.78, 5) is 28.3. The molecule has 2 heterocycles. The highest BCUT2D eigenvalue weighted by Crippen LogP contribution is 2.31. The molecule has 2 rings (SSSR count). The first kappa shape index (κ1) is 16.3. The third kappa shape index (κ3) is 3.77. The van der Waals surface area contributed by atoms with Crippen LogP contribution in [-0.4, -0.2) is 52.2 Å². The fourth-order valence-corrected chi connectivity index (χ4v) is 3.90. The van der Waals surface area contributed by atoms with Crippen LogP contribution in [0.3, 0.4) is 0 Å². The first-order chi connectivity index (χ1) is 10.1. The van der Waals surface area contributed by atoms with Gasteiger partial charge >= 0.3 is 5.97 Å². The lowest BCUT2D eigenvalue weighted by Gasteiger charge is -2.30. The van der Waals surface area contributed by atoms with E-state index in [1.807, 2.05) is 24.9 Å². The van der Waals surface area contributed by atoms with Crippen LogP contribution in [0.4, 0.5) is 0 Å². The van der Waals surface area contributed by atoms with Crippen molar-refractivity contribution in [3.63, 3.8) is 0 Å². The zero-order chi connectivity index (χ0) is 15.4. The molecule has 0 N–H and O–H groups in total. The zero-order valence-corrected chi connectivity index (χ0v) is 14.0. The molecule has 1 atom stereocenters. The minimum Gasteiger partial charge on any atom is -0.466 e. The standard InChI is InChI=1S/C14H20N2O3S2/c1-3-16-12(17)11(21-14(16)20)9-15-7-5-6-10(8-15)13(18)19-4-2/h9-10H,3-8H2,1-2H3/b11-9+/t10-/m1/s1. The summed E-state index contributed by atoms with van der Waals surface area (Å²) in [7, 11) is 0. The lowest BCUT2D eigenvalue weighted by Crippen LogP contribution is -2.37. The fraction of sp³-hybridized carbons (Fsp3) is 0.643. The van der Waals surface area contributed by atoms with Crippen molar-refractivity contribution in [2.45, 2.75) is 26.7 Å². The number of hydrogen-bond acceptors (Lipinski definition) is 6. The van der Waals surface area contributed by atoms with E-state index in [-0.39, 0.29) is 17.8 Å². The molecule has 0 unspecified atom stereocenters. The largest absolute Gasteiger partial charge is 0.466 e. The molecule has 0 aromatic rings. The molecule has 1 amide bonds. The Labute approximate surface area is 134 Å². The van der Waals surface area contributed by atoms with Crippen LogP contribution in [0.2, 0.25) is 0 Å². The summed E-state index contributed by atoms with van der Waals surface area (Å²) in [5.41, 5.74) is 0. The van der Waals surface area contributed by atoms with Gasteiger partial charge in [-0.05, 0) is 26.7 Å². The SMILES string of the molecule is CCOC(=O)[C@@H]1CCCN(/C=C2/SC(=S)N(CC)C2=O)C1. The Hall–Kier alpha value is -1.08. The Bertz CT molecular complexity index is 479. The number of nitrogens with zero attached hydrogens (tertiary/aromatic N) is 2. The second-order valence-electron chi connectivity index (χ2n) is 5.00. The maximum Gasteiger partial charge on any atom is 0.310 e. The predicted octanol–water partition coefficient (Wildman–Crippen LogP) is 1.98. The summed E-state index contributed by atoms with van der Waals surface area (Å²) < 4.78 is 5.69. The van der Waals surface area contributed by atoms with Gasteiger partial charge in [0.15, 0.2) is 0 Å². The second-order valence-corrected chi connectivity index (χ2v) is 6.67. The van der Waals surface area contributed by atoms with Crippen LogP contribution in [0, 0.1) is 5.92 Å². The number of likely N-dealkylation sites (N-methyl/N-ethyl adjacent to an activating group) is 1. The molecule has 0 aliphatic carbocycles. The number of amides is 1. The van der Waals surface area contributed by atoms with Gasteiger partial charge in [0.2, 0.25) is 0 Å². The van der Waals surface area contributed by atoms with Crippen molar-refractivity contribution >= 4 is 40.2 Å². The number of thioether (sulfide) groups is 1. The predicted molar refractivity (Wildman–Crippen MR) is 86.6 cm³/mol. The van der Waals surface area contributed by atoms with Crippen molar-refractivity contribution in [3.8, 4) is 0 Å². The van der Waals surface area contributed by atoms with Gasteiger partial charge in [0, 0.05) is 25.8 Å². The number of hydrogen-bond donors (Lipinski definition) is 0. The molecule has 21 heavy (non-hydrogen) atoms. The lowest BCUT2D eigenvalue weighted by atomic mass is 9.98. The van der Waals surface area contributed by atoms with Crippen LogP contribution in [0.1, 0.15) is 26.7 Å². The summed E-state index contributed by atoms with van der Waals surface area (Å²) in [6, 6.07) is 0. The Morgan fingerprint density at radius 3 is 2.90 bits per heavy atom. The highest BCUT2D eigenvalue weighted by atomic mass is 32.2. The smallest absolute Gasteiger partial charge is 0.310 e. The summed E-state index contributed by atoms with van der Waals surface area (Å²) in [5.74, 6) is -0.284. The Morgan fingerprint density at radius 2 is 2.29 bits per heavy atom. The molecule has 2 aliphatic heterocycles. The summed E-state index contributed by atoms with van der Waals surface area (Å²) in [6.07, 6.45) is 3.62. The number of piperidine rings is 1. The van der Waals surface area contributed by atoms with Gasteiger partial charge in [0.05, 0.1) is 17.4 Å². The third-order valence-corrected chi connectivity index (χ3v) is 4.93. The number of carbonyl (C=O) groups is 2. The fourth-order valence-electron chi connectivity index (χ4n) is 2.51. The number of ether oxygens (including phenoxy) is 1. The molecule has 2 saturated heterocycles. The monoisotopic (exact) mass is 328 g/mol. The molecule has 0 spiro atoms. The topological polar surface area (TPSA) is 49.9 Å². The Morgan fingerprint density at radius 1 is 1.52 bits per heavy atom. The van der Waals surface area contributed by atoms with Crippen LogP contribution in [0.5, 0.6) is 0 Å². The van der Waals surface area contributed by atoms with Gasteiger partial charge in [-0.15, -0.1) is 0 Å². The minimum absolute atomic E-state index is 0.0363. The number of esters is 1. The van der Waals surface area contributed by atoms with Crippen molar-refractivity contribution in [2.24, 2.45) is 5.92 Å². The van der Waals surface area contributed by atoms with Crippen LogP contribution in [0.25, 0.3) is 0 Å². The third-order valence-electron chi connectivity index (χ3n) is 3.56. The van der Waals surface area contributed by atoms with E-state index < -0.39 is 0 Å². The quantitative estimate of drug-likeness (QED) is 0.447. The van der Waals surface area contributed by atoms with E-state index in [4.69, 9.17) is 17.0 Å². The van der Waals surface area contributed by atoms with Crippen LogP contribution < -0.4 is 0 Å². The second kappa shape index (κ2) is 7.26. The van der Waals surface area contributed by atoms with Gasteiger partial charge in [-0.25, -0.2) is 0 Å². The van der Waals surface area contributed by atoms with Gasteiger partial charge in [0.1, 0.15) is 4.32 Å². The maximum atomic E-state index is 12.2. The molecule has 0 saturated carbocycles. The van der Waals surface area contributed by atoms with Crippen LogP contribution in [-0.2, 0) is 14.3 Å². The Kier molecular flexibility index (Phi) is 5.64. The first-order valence-corrected chi connectivity index (χ1v) is 8.45. The molecule has 2 aliphatic rings. The van der Waals surface area contributed by atoms with Crippen molar-refractivity contribution in [3.05, 3.63) is 11.1 Å². The van der Waals surface area contributed by atoms with E-state index in [0.29, 0.717) is 28.9 Å². The molecule has 0 radical (unpaired) electrons. The Balaban J connectivity index is 2.02. The van der Waals surface area contributed by atoms with E-state index in [0.717, 1.165) is 19.4 Å². The van der Waals surface area contributed by atoms with Crippen molar-refractivity contribution in [2.75, 3.05) is 26.2 Å². The molecule has 0 aromatic heterocycles. The normalized spacial score (nSPS) is 24.9. The number of rotatable bonds is 4. The van der Waals surface area contributed by atoms with E-state index >= 15 is 0 Å². The number of carbonyl (C=O) groups excluding carboxylic acids is 2. The molecule has 7 heteroatoms. The number of likely N-dealkylation sites (tertiary alicyclic amines) is 1. The molecule has 116 valence electrons. The average molecular weight is 328 g/mol. The van der Waals surface area contributed by atoms with Gasteiger partial charge in [0.25, 0.3) is 5.91 Å². The van der Waals surface area contributed by atoms with Crippen LogP contribution in [0.15, 0.2) is 11.1 Å². The summed E-state index contributed by atoms with van der Waals surface area (Å²) in [5, 5.41) is 0. The molecule has 0 aromatic carbocycles. The van der Waals surface area contributed by atoms with Crippen molar-refractivity contribution in [1.82, 2.24) is 9.80 Å². The van der Waals surface area contributed by atoms with Crippen molar-refractivity contribution in [1.29, 1.82) is 0 Å². The molecule has 0 bridgehead atoms. The summed E-state index contributed by atoms with van der Waals surface area (Å²) in [6.45, 7) is 6.18. The first-order valence-electron chi connectivity index (χ1n) is 7.23. The van der Waals surface area contributed by atoms with Crippen molar-refractivity contribution < 1.29 is 14.3 Å². The lowest BCUT2D eigenvalue weighted by molar-refractivity contribution is -0.149. The molecule has 2 fully saturated rings. The highest BCUT2D eigenvalue weighted by molar-refractivity contribution is 8.26. The van der Waals surface area contributed by atoms with E-state index in [9.17, 15) is 9.59 Å². The summed E-state index contributed by atoms with van der Waals surface area (Å²) >= 11 is 6.53. The van der Waals surface area contributed by atoms with Crippen LogP contribution >= 0.6 is 24.0 Å². The van der Waals surface area contributed by atoms with E-state index in [1.165, 1.54) is 11.8 Å². The molecular formula is C14H20N2O3S2.